The van der Waals surface area contributed by atoms with E-state index in [1.54, 1.807) is 23.5 Å². The van der Waals surface area contributed by atoms with Crippen molar-refractivity contribution in [2.45, 2.75) is 11.5 Å². The van der Waals surface area contributed by atoms with Crippen LogP contribution in [0.25, 0.3) is 0 Å². The third-order valence-electron chi connectivity index (χ3n) is 2.03. The lowest BCUT2D eigenvalue weighted by atomic mass is 10.2. The quantitative estimate of drug-likeness (QED) is 0.701. The number of aliphatic hydroxyl groups is 2. The average Bonchev–Trinajstić information content (AvgIpc) is 2.32. The van der Waals surface area contributed by atoms with Gasteiger partial charge >= 0.3 is 0 Å². The fourth-order valence-electron chi connectivity index (χ4n) is 1.24. The Morgan fingerprint density at radius 2 is 1.12 bits per heavy atom. The maximum absolute atomic E-state index is 8.66. The van der Waals surface area contributed by atoms with Crippen LogP contribution in [0.3, 0.4) is 0 Å². The molecule has 0 amide bonds. The molecule has 2 N–H and O–H groups in total. The Labute approximate surface area is 105 Å². The molecule has 2 nitrogen and oxygen atoms in total. The van der Waals surface area contributed by atoms with Gasteiger partial charge in [0.15, 0.2) is 0 Å². The first-order valence-electron chi connectivity index (χ1n) is 5.32. The van der Waals surface area contributed by atoms with E-state index in [1.165, 1.54) is 11.1 Å². The van der Waals surface area contributed by atoms with Crippen molar-refractivity contribution in [1.29, 1.82) is 0 Å². The zero-order valence-electron chi connectivity index (χ0n) is 9.26. The molecule has 90 valence electrons. The average molecular weight is 258 g/mol. The van der Waals surface area contributed by atoms with Gasteiger partial charge in [0.25, 0.3) is 0 Å². The molecule has 1 aromatic carbocycles. The number of aliphatic hydroxyl groups excluding tert-OH is 2. The second kappa shape index (κ2) is 8.93. The van der Waals surface area contributed by atoms with Crippen molar-refractivity contribution in [2.24, 2.45) is 0 Å². The molecule has 0 aliphatic rings. The Balaban J connectivity index is 2.30. The van der Waals surface area contributed by atoms with E-state index in [1.807, 2.05) is 0 Å². The van der Waals surface area contributed by atoms with Crippen molar-refractivity contribution < 1.29 is 10.2 Å². The van der Waals surface area contributed by atoms with E-state index < -0.39 is 0 Å². The molecule has 0 saturated carbocycles. The fourth-order valence-corrected chi connectivity index (χ4v) is 2.64. The minimum Gasteiger partial charge on any atom is -0.396 e. The van der Waals surface area contributed by atoms with Crippen molar-refractivity contribution in [3.05, 3.63) is 35.4 Å². The molecule has 1 aromatic rings. The highest BCUT2D eigenvalue weighted by Gasteiger charge is 1.96. The van der Waals surface area contributed by atoms with E-state index in [2.05, 4.69) is 24.3 Å². The summed E-state index contributed by atoms with van der Waals surface area (Å²) in [5.74, 6) is 3.53. The molecule has 0 spiro atoms. The Bertz CT molecular complexity index is 246. The summed E-state index contributed by atoms with van der Waals surface area (Å²) in [6.07, 6.45) is 0. The second-order valence-corrected chi connectivity index (χ2v) is 5.58. The summed E-state index contributed by atoms with van der Waals surface area (Å²) >= 11 is 3.49. The molecule has 0 saturated heterocycles. The van der Waals surface area contributed by atoms with Crippen molar-refractivity contribution in [2.75, 3.05) is 24.7 Å². The van der Waals surface area contributed by atoms with E-state index in [9.17, 15) is 0 Å². The molecule has 0 fully saturated rings. The van der Waals surface area contributed by atoms with Crippen LogP contribution in [0.5, 0.6) is 0 Å². The van der Waals surface area contributed by atoms with Gasteiger partial charge < -0.3 is 10.2 Å². The molecule has 0 bridgehead atoms. The van der Waals surface area contributed by atoms with Gasteiger partial charge in [-0.2, -0.15) is 23.5 Å². The molecule has 0 aromatic heterocycles. The second-order valence-electron chi connectivity index (χ2n) is 3.37. The Morgan fingerprint density at radius 3 is 1.44 bits per heavy atom. The topological polar surface area (TPSA) is 40.5 Å². The predicted molar refractivity (Wildman–Crippen MR) is 72.9 cm³/mol. The van der Waals surface area contributed by atoms with Gasteiger partial charge in [0.05, 0.1) is 13.2 Å². The van der Waals surface area contributed by atoms with E-state index in [0.29, 0.717) is 0 Å². The Kier molecular flexibility index (Phi) is 7.76. The van der Waals surface area contributed by atoms with Gasteiger partial charge in [-0.1, -0.05) is 24.3 Å². The number of benzene rings is 1. The molecular weight excluding hydrogens is 240 g/mol. The number of thioether (sulfide) groups is 2. The van der Waals surface area contributed by atoms with Crippen LogP contribution in [-0.2, 0) is 11.5 Å². The summed E-state index contributed by atoms with van der Waals surface area (Å²) in [5.41, 5.74) is 2.60. The number of hydrogen-bond acceptors (Lipinski definition) is 4. The first kappa shape index (κ1) is 13.9. The minimum atomic E-state index is 0.251. The van der Waals surface area contributed by atoms with Gasteiger partial charge in [0.1, 0.15) is 0 Å². The lowest BCUT2D eigenvalue weighted by Crippen LogP contribution is -1.90. The monoisotopic (exact) mass is 258 g/mol. The molecule has 1 rings (SSSR count). The van der Waals surface area contributed by atoms with E-state index >= 15 is 0 Å². The fraction of sp³-hybridized carbons (Fsp3) is 0.500. The summed E-state index contributed by atoms with van der Waals surface area (Å²) in [7, 11) is 0. The number of hydrogen-bond donors (Lipinski definition) is 2. The zero-order valence-corrected chi connectivity index (χ0v) is 10.9. The highest BCUT2D eigenvalue weighted by molar-refractivity contribution is 7.98. The first-order chi connectivity index (χ1) is 7.86. The molecule has 0 unspecified atom stereocenters. The minimum absolute atomic E-state index is 0.251. The highest BCUT2D eigenvalue weighted by atomic mass is 32.2. The first-order valence-corrected chi connectivity index (χ1v) is 7.63. The standard InChI is InChI=1S/C12H18O2S2/c13-5-7-15-9-11-1-2-12(4-3-11)10-16-8-6-14/h1-4,13-14H,5-10H2. The van der Waals surface area contributed by atoms with Crippen LogP contribution >= 0.6 is 23.5 Å². The van der Waals surface area contributed by atoms with Crippen LogP contribution < -0.4 is 0 Å². The molecule has 0 heterocycles. The molecule has 0 atom stereocenters. The van der Waals surface area contributed by atoms with Gasteiger partial charge in [-0.3, -0.25) is 0 Å². The predicted octanol–water partition coefficient (Wildman–Crippen LogP) is 2.14. The number of rotatable bonds is 8. The zero-order chi connectivity index (χ0) is 11.6. The normalized spacial score (nSPS) is 10.6. The highest BCUT2D eigenvalue weighted by Crippen LogP contribution is 2.16. The van der Waals surface area contributed by atoms with E-state index in [4.69, 9.17) is 10.2 Å². The van der Waals surface area contributed by atoms with Gasteiger partial charge in [-0.15, -0.1) is 0 Å². The Hall–Kier alpha value is -0.160. The maximum Gasteiger partial charge on any atom is 0.0521 e. The summed E-state index contributed by atoms with van der Waals surface area (Å²) in [5, 5.41) is 17.3. The molecule has 4 heteroatoms. The molecule has 0 radical (unpaired) electrons. The summed E-state index contributed by atoms with van der Waals surface area (Å²) in [6.45, 7) is 0.501. The summed E-state index contributed by atoms with van der Waals surface area (Å²) in [4.78, 5) is 0. The molecule has 16 heavy (non-hydrogen) atoms. The van der Waals surface area contributed by atoms with Crippen LogP contribution in [0.1, 0.15) is 11.1 Å². The van der Waals surface area contributed by atoms with Gasteiger partial charge in [0.2, 0.25) is 0 Å². The molecule has 0 aliphatic heterocycles. The van der Waals surface area contributed by atoms with Gasteiger partial charge in [0, 0.05) is 23.0 Å². The van der Waals surface area contributed by atoms with Gasteiger partial charge in [-0.25, -0.2) is 0 Å². The molecular formula is C12H18O2S2. The van der Waals surface area contributed by atoms with Crippen LogP contribution in [0.4, 0.5) is 0 Å². The maximum atomic E-state index is 8.66. The smallest absolute Gasteiger partial charge is 0.0521 e. The lowest BCUT2D eigenvalue weighted by molar-refractivity contribution is 0.322. The SMILES string of the molecule is OCCSCc1ccc(CSCCO)cc1. The van der Waals surface area contributed by atoms with E-state index in [-0.39, 0.29) is 13.2 Å². The van der Waals surface area contributed by atoms with Crippen molar-refractivity contribution in [3.63, 3.8) is 0 Å². The summed E-state index contributed by atoms with van der Waals surface area (Å²) < 4.78 is 0. The van der Waals surface area contributed by atoms with Crippen LogP contribution in [0.15, 0.2) is 24.3 Å². The van der Waals surface area contributed by atoms with Crippen LogP contribution in [0, 0.1) is 0 Å². The Morgan fingerprint density at radius 1 is 0.750 bits per heavy atom. The van der Waals surface area contributed by atoms with Crippen molar-refractivity contribution in [3.8, 4) is 0 Å². The van der Waals surface area contributed by atoms with Crippen LogP contribution in [-0.4, -0.2) is 34.9 Å². The van der Waals surface area contributed by atoms with E-state index in [0.717, 1.165) is 23.0 Å². The molecule has 0 aliphatic carbocycles. The third-order valence-corrected chi connectivity index (χ3v) is 4.05. The van der Waals surface area contributed by atoms with Gasteiger partial charge in [-0.05, 0) is 11.1 Å². The summed E-state index contributed by atoms with van der Waals surface area (Å²) in [6, 6.07) is 8.55. The van der Waals surface area contributed by atoms with Crippen LogP contribution in [0.2, 0.25) is 0 Å². The van der Waals surface area contributed by atoms with Crippen molar-refractivity contribution in [1.82, 2.24) is 0 Å². The third kappa shape index (κ3) is 5.80. The van der Waals surface area contributed by atoms with Crippen molar-refractivity contribution >= 4 is 23.5 Å². The largest absolute Gasteiger partial charge is 0.396 e. The lowest BCUT2D eigenvalue weighted by Gasteiger charge is -2.03.